The minimum Gasteiger partial charge on any atom is -0.477 e. The van der Waals surface area contributed by atoms with E-state index in [1.54, 1.807) is 4.90 Å². The predicted molar refractivity (Wildman–Crippen MR) is 112 cm³/mol. The highest BCUT2D eigenvalue weighted by molar-refractivity contribution is 5.96. The van der Waals surface area contributed by atoms with Gasteiger partial charge in [0.25, 0.3) is 5.91 Å². The molecule has 0 spiro atoms. The topological polar surface area (TPSA) is 120 Å². The van der Waals surface area contributed by atoms with Crippen LogP contribution < -0.4 is 15.4 Å². The number of aromatic nitrogens is 3. The van der Waals surface area contributed by atoms with Crippen molar-refractivity contribution in [3.63, 3.8) is 0 Å². The summed E-state index contributed by atoms with van der Waals surface area (Å²) in [5, 5.41) is 16.0. The van der Waals surface area contributed by atoms with Crippen LogP contribution >= 0.6 is 0 Å². The summed E-state index contributed by atoms with van der Waals surface area (Å²) in [5.41, 5.74) is -1.48. The number of nitrogens with zero attached hydrogens (tertiary/aromatic N) is 3. The third-order valence-corrected chi connectivity index (χ3v) is 5.85. The molecule has 2 aliphatic rings. The van der Waals surface area contributed by atoms with Gasteiger partial charge in [-0.15, -0.1) is 0 Å². The van der Waals surface area contributed by atoms with Gasteiger partial charge >= 0.3 is 23.3 Å². The zero-order valence-corrected chi connectivity index (χ0v) is 18.4. The van der Waals surface area contributed by atoms with Crippen molar-refractivity contribution in [3.05, 3.63) is 33.8 Å². The lowest BCUT2D eigenvalue weighted by Gasteiger charge is -2.25. The van der Waals surface area contributed by atoms with Crippen LogP contribution in [0.4, 0.5) is 13.2 Å². The predicted octanol–water partition coefficient (Wildman–Crippen LogP) is 0.583. The zero-order chi connectivity index (χ0) is 24.6. The quantitative estimate of drug-likeness (QED) is 0.410. The summed E-state index contributed by atoms with van der Waals surface area (Å²) >= 11 is 0. The minimum atomic E-state index is -4.58. The molecule has 1 aliphatic carbocycles. The molecule has 184 valence electrons. The third-order valence-electron chi connectivity index (χ3n) is 5.85. The smallest absolute Gasteiger partial charge is 0.395 e. The molecule has 1 aliphatic heterocycles. The van der Waals surface area contributed by atoms with E-state index in [4.69, 9.17) is 4.74 Å². The second-order valence-corrected chi connectivity index (χ2v) is 8.46. The van der Waals surface area contributed by atoms with Gasteiger partial charge in [-0.2, -0.15) is 17.7 Å². The van der Waals surface area contributed by atoms with Gasteiger partial charge in [-0.05, 0) is 25.8 Å². The van der Waals surface area contributed by atoms with Crippen molar-refractivity contribution < 1.29 is 37.2 Å². The summed E-state index contributed by atoms with van der Waals surface area (Å²) in [6, 6.07) is -0.136. The molecule has 0 aromatic carbocycles. The molecule has 3 heterocycles. The number of alkyl halides is 3. The molecular formula is C21H25F3N5O5+. The first-order valence-corrected chi connectivity index (χ1v) is 10.9. The summed E-state index contributed by atoms with van der Waals surface area (Å²) in [4.78, 5) is 39.6. The van der Waals surface area contributed by atoms with E-state index in [9.17, 15) is 32.7 Å². The lowest BCUT2D eigenvalue weighted by molar-refractivity contribution is -0.691. The molecule has 4 rings (SSSR count). The number of hydrogen-bond donors (Lipinski definition) is 3. The number of rotatable bonds is 6. The van der Waals surface area contributed by atoms with Gasteiger partial charge in [-0.3, -0.25) is 9.59 Å². The number of fused-ring (bicyclic) bond motifs is 1. The van der Waals surface area contributed by atoms with Gasteiger partial charge in [0.15, 0.2) is 0 Å². The number of aromatic amines is 1. The van der Waals surface area contributed by atoms with Crippen LogP contribution in [0.3, 0.4) is 0 Å². The van der Waals surface area contributed by atoms with E-state index in [1.165, 1.54) is 18.3 Å². The minimum absolute atomic E-state index is 0.104. The van der Waals surface area contributed by atoms with Crippen molar-refractivity contribution in [2.45, 2.75) is 38.5 Å². The molecule has 1 saturated carbocycles. The average Bonchev–Trinajstić information content (AvgIpc) is 3.50. The second kappa shape index (κ2) is 9.12. The number of halogens is 3. The lowest BCUT2D eigenvalue weighted by atomic mass is 10.1. The van der Waals surface area contributed by atoms with E-state index < -0.39 is 41.5 Å². The van der Waals surface area contributed by atoms with Crippen molar-refractivity contribution in [3.8, 4) is 5.88 Å². The molecule has 34 heavy (non-hydrogen) atoms. The molecule has 1 saturated heterocycles. The van der Waals surface area contributed by atoms with Crippen LogP contribution in [0.5, 0.6) is 5.88 Å². The highest BCUT2D eigenvalue weighted by Gasteiger charge is 2.41. The Morgan fingerprint density at radius 1 is 1.35 bits per heavy atom. The number of carbonyl (C=O) groups excluding carboxylic acids is 2. The maximum absolute atomic E-state index is 13.3. The molecule has 3 N–H and O–H groups in total. The van der Waals surface area contributed by atoms with Crippen molar-refractivity contribution >= 4 is 23.5 Å². The number of morpholine rings is 1. The standard InChI is InChI=1S/C21H24F3N5O5/c1-12(21(22,23)24)11-28-18-13(2-5-15(30)27-6-8-34-9-7-27)10-25-29(18)20(33)16(19(28)32)17(31)26-14-3-4-14/h2,5,10,12,14H,3-4,6-9,11H2,1H3,(H2,26,31,32,33)/p+1/b5-2+/t12-/m0/s1. The number of carbonyl (C=O) groups is 2. The van der Waals surface area contributed by atoms with E-state index in [2.05, 4.69) is 10.4 Å². The second-order valence-electron chi connectivity index (χ2n) is 8.46. The Hall–Kier alpha value is -3.35. The number of amides is 2. The van der Waals surface area contributed by atoms with Gasteiger partial charge < -0.3 is 20.1 Å². The molecule has 10 nitrogen and oxygen atoms in total. The van der Waals surface area contributed by atoms with Gasteiger partial charge in [0.2, 0.25) is 11.5 Å². The average molecular weight is 484 g/mol. The van der Waals surface area contributed by atoms with Crippen LogP contribution in [0.25, 0.3) is 11.7 Å². The third kappa shape index (κ3) is 4.79. The largest absolute Gasteiger partial charge is 0.477 e. The van der Waals surface area contributed by atoms with Crippen LogP contribution in [0.15, 0.2) is 17.1 Å². The van der Waals surface area contributed by atoms with Crippen LogP contribution in [-0.2, 0) is 16.1 Å². The summed E-state index contributed by atoms with van der Waals surface area (Å²) in [6.07, 6.45) is 0.756. The van der Waals surface area contributed by atoms with E-state index in [0.717, 1.165) is 28.8 Å². The number of H-pyrrole nitrogens is 1. The van der Waals surface area contributed by atoms with E-state index in [1.807, 2.05) is 0 Å². The van der Waals surface area contributed by atoms with Crippen LogP contribution in [0, 0.1) is 5.92 Å². The van der Waals surface area contributed by atoms with Crippen LogP contribution in [0.2, 0.25) is 0 Å². The van der Waals surface area contributed by atoms with Gasteiger partial charge in [0.05, 0.1) is 30.9 Å². The van der Waals surface area contributed by atoms with Gasteiger partial charge in [0.1, 0.15) is 6.54 Å². The maximum atomic E-state index is 13.3. The molecule has 0 unspecified atom stereocenters. The molecule has 1 atom stereocenters. The number of hydrogen-bond acceptors (Lipinski definition) is 5. The molecule has 2 aromatic rings. The van der Waals surface area contributed by atoms with E-state index >= 15 is 0 Å². The van der Waals surface area contributed by atoms with Gasteiger partial charge in [-0.25, -0.2) is 9.89 Å². The van der Waals surface area contributed by atoms with Gasteiger partial charge in [0, 0.05) is 25.2 Å². The Bertz CT molecular complexity index is 1190. The van der Waals surface area contributed by atoms with Crippen molar-refractivity contribution in [2.24, 2.45) is 5.92 Å². The fourth-order valence-corrected chi connectivity index (χ4v) is 3.67. The normalized spacial score (nSPS) is 17.9. The molecule has 13 heteroatoms. The van der Waals surface area contributed by atoms with Crippen molar-refractivity contribution in [1.29, 1.82) is 0 Å². The Morgan fingerprint density at radius 2 is 2.03 bits per heavy atom. The highest BCUT2D eigenvalue weighted by atomic mass is 19.4. The fraction of sp³-hybridized carbons (Fsp3) is 0.524. The lowest BCUT2D eigenvalue weighted by Crippen LogP contribution is -2.48. The Balaban J connectivity index is 1.78. The van der Waals surface area contributed by atoms with E-state index in [-0.39, 0.29) is 23.2 Å². The Morgan fingerprint density at radius 3 is 2.65 bits per heavy atom. The van der Waals surface area contributed by atoms with Crippen molar-refractivity contribution in [2.75, 3.05) is 26.3 Å². The molecule has 2 fully saturated rings. The van der Waals surface area contributed by atoms with Gasteiger partial charge in [-0.1, -0.05) is 4.52 Å². The van der Waals surface area contributed by atoms with Crippen molar-refractivity contribution in [1.82, 2.24) is 19.8 Å². The molecular weight excluding hydrogens is 459 g/mol. The Labute approximate surface area is 191 Å². The summed E-state index contributed by atoms with van der Waals surface area (Å²) in [7, 11) is 0. The number of aromatic hydroxyl groups is 1. The maximum Gasteiger partial charge on any atom is 0.395 e. The molecule has 0 radical (unpaired) electrons. The summed E-state index contributed by atoms with van der Waals surface area (Å²) in [6.45, 7) is 1.79. The number of nitrogens with one attached hydrogen (secondary N) is 2. The fourth-order valence-electron chi connectivity index (χ4n) is 3.67. The van der Waals surface area contributed by atoms with Crippen LogP contribution in [-0.4, -0.2) is 70.0 Å². The van der Waals surface area contributed by atoms with Crippen LogP contribution in [0.1, 0.15) is 35.7 Å². The molecule has 0 bridgehead atoms. The summed E-state index contributed by atoms with van der Waals surface area (Å²) < 4.78 is 47.0. The summed E-state index contributed by atoms with van der Waals surface area (Å²) in [5.74, 6) is -3.95. The highest BCUT2D eigenvalue weighted by Crippen LogP contribution is 2.27. The monoisotopic (exact) mass is 484 g/mol. The molecule has 2 amide bonds. The Kier molecular flexibility index (Phi) is 6.39. The first kappa shape index (κ1) is 23.8. The number of ether oxygens (including phenoxy) is 1. The van der Waals surface area contributed by atoms with E-state index in [0.29, 0.717) is 26.3 Å². The molecule has 2 aromatic heterocycles. The first-order chi connectivity index (χ1) is 16.1. The first-order valence-electron chi connectivity index (χ1n) is 10.9. The zero-order valence-electron chi connectivity index (χ0n) is 18.4. The SMILES string of the molecule is C[C@@H](C[n+]1c(O)c(C(=O)NC2CC2)c(=O)n2[nH]cc(/C=C/C(=O)N3CCOCC3)c21)C(F)(F)F.